The summed E-state index contributed by atoms with van der Waals surface area (Å²) >= 11 is 0. The van der Waals surface area contributed by atoms with Gasteiger partial charge in [0.1, 0.15) is 6.10 Å². The molecule has 1 N–H and O–H groups in total. The second kappa shape index (κ2) is 11.7. The highest BCUT2D eigenvalue weighted by atomic mass is 127. The molecule has 25 heavy (non-hydrogen) atoms. The quantitative estimate of drug-likeness (QED) is 0.379. The molecule has 1 aromatic rings. The minimum absolute atomic E-state index is 0. The summed E-state index contributed by atoms with van der Waals surface area (Å²) in [5.41, 5.74) is 1.12. The lowest BCUT2D eigenvalue weighted by molar-refractivity contribution is -0.00804. The van der Waals surface area contributed by atoms with Crippen LogP contribution in [-0.4, -0.2) is 78.5 Å². The van der Waals surface area contributed by atoms with E-state index in [1.807, 2.05) is 31.2 Å². The standard InChI is InChI=1S/C17H32N6O.HI/c1-5-8-22(6-2)9-7-19-17(18-3)23-10-11-24-16(14-23)15-12-20-21(4)13-15;/h12-13,16H,5-11,14H2,1-4H3,(H,18,19);1H. The fourth-order valence-electron chi connectivity index (χ4n) is 3.05. The van der Waals surface area contributed by atoms with Gasteiger partial charge in [-0.3, -0.25) is 9.67 Å². The van der Waals surface area contributed by atoms with Gasteiger partial charge in [-0.15, -0.1) is 24.0 Å². The largest absolute Gasteiger partial charge is 0.370 e. The molecule has 0 radical (unpaired) electrons. The lowest BCUT2D eigenvalue weighted by Crippen LogP contribution is -2.49. The summed E-state index contributed by atoms with van der Waals surface area (Å²) < 4.78 is 7.73. The fourth-order valence-corrected chi connectivity index (χ4v) is 3.05. The van der Waals surface area contributed by atoms with E-state index in [2.05, 4.69) is 39.1 Å². The number of aromatic nitrogens is 2. The van der Waals surface area contributed by atoms with E-state index in [9.17, 15) is 0 Å². The van der Waals surface area contributed by atoms with Crippen molar-refractivity contribution < 1.29 is 4.74 Å². The van der Waals surface area contributed by atoms with Crippen LogP contribution in [0.3, 0.4) is 0 Å². The molecule has 1 atom stereocenters. The van der Waals surface area contributed by atoms with Gasteiger partial charge in [-0.2, -0.15) is 5.10 Å². The van der Waals surface area contributed by atoms with E-state index in [4.69, 9.17) is 4.74 Å². The third-order valence-corrected chi connectivity index (χ3v) is 4.37. The Hall–Kier alpha value is -0.870. The average molecular weight is 464 g/mol. The molecular weight excluding hydrogens is 431 g/mol. The Bertz CT molecular complexity index is 521. The van der Waals surface area contributed by atoms with Gasteiger partial charge in [0, 0.05) is 45.5 Å². The number of halogens is 1. The molecule has 1 aromatic heterocycles. The second-order valence-corrected chi connectivity index (χ2v) is 6.16. The van der Waals surface area contributed by atoms with Crippen LogP contribution in [0.15, 0.2) is 17.4 Å². The molecule has 1 unspecified atom stereocenters. The van der Waals surface area contributed by atoms with Crippen LogP contribution in [0.25, 0.3) is 0 Å². The number of aliphatic imine (C=N–C) groups is 1. The Morgan fingerprint density at radius 1 is 1.44 bits per heavy atom. The smallest absolute Gasteiger partial charge is 0.193 e. The number of hydrogen-bond acceptors (Lipinski definition) is 4. The number of hydrogen-bond donors (Lipinski definition) is 1. The summed E-state index contributed by atoms with van der Waals surface area (Å²) in [6.07, 6.45) is 5.15. The Balaban J connectivity index is 0.00000312. The Kier molecular flexibility index (Phi) is 10.4. The number of likely N-dealkylation sites (N-methyl/N-ethyl adjacent to an activating group) is 1. The third-order valence-electron chi connectivity index (χ3n) is 4.37. The molecule has 1 saturated heterocycles. The van der Waals surface area contributed by atoms with Crippen molar-refractivity contribution in [2.75, 3.05) is 52.9 Å². The highest BCUT2D eigenvalue weighted by Gasteiger charge is 2.25. The van der Waals surface area contributed by atoms with Crippen molar-refractivity contribution >= 4 is 29.9 Å². The molecule has 0 spiro atoms. The van der Waals surface area contributed by atoms with Crippen LogP contribution < -0.4 is 5.32 Å². The van der Waals surface area contributed by atoms with Gasteiger partial charge in [0.2, 0.25) is 0 Å². The number of rotatable bonds is 7. The Labute approximate surface area is 168 Å². The van der Waals surface area contributed by atoms with Crippen LogP contribution in [0.2, 0.25) is 0 Å². The summed E-state index contributed by atoms with van der Waals surface area (Å²) in [5.74, 6) is 0.958. The number of guanidine groups is 1. The van der Waals surface area contributed by atoms with Gasteiger partial charge in [0.25, 0.3) is 0 Å². The molecule has 1 aliphatic rings. The van der Waals surface area contributed by atoms with Gasteiger partial charge in [-0.1, -0.05) is 13.8 Å². The van der Waals surface area contributed by atoms with Crippen LogP contribution in [0.5, 0.6) is 0 Å². The molecule has 2 heterocycles. The van der Waals surface area contributed by atoms with Crippen molar-refractivity contribution in [2.24, 2.45) is 12.0 Å². The monoisotopic (exact) mass is 464 g/mol. The minimum Gasteiger partial charge on any atom is -0.370 e. The summed E-state index contributed by atoms with van der Waals surface area (Å²) in [5, 5.41) is 7.74. The number of nitrogens with one attached hydrogen (secondary N) is 1. The Morgan fingerprint density at radius 2 is 2.24 bits per heavy atom. The number of aryl methyl sites for hydroxylation is 1. The van der Waals surface area contributed by atoms with Gasteiger partial charge in [-0.25, -0.2) is 0 Å². The fraction of sp³-hybridized carbons (Fsp3) is 0.765. The first-order chi connectivity index (χ1) is 11.7. The van der Waals surface area contributed by atoms with Gasteiger partial charge in [0.15, 0.2) is 5.96 Å². The number of morpholine rings is 1. The second-order valence-electron chi connectivity index (χ2n) is 6.16. The molecule has 7 nitrogen and oxygen atoms in total. The van der Waals surface area contributed by atoms with Crippen molar-refractivity contribution in [3.05, 3.63) is 18.0 Å². The molecule has 2 rings (SSSR count). The molecule has 0 bridgehead atoms. The van der Waals surface area contributed by atoms with Crippen molar-refractivity contribution in [1.82, 2.24) is 24.9 Å². The number of nitrogens with zero attached hydrogens (tertiary/aromatic N) is 5. The summed E-state index contributed by atoms with van der Waals surface area (Å²) in [7, 11) is 3.78. The van der Waals surface area contributed by atoms with Gasteiger partial charge in [0.05, 0.1) is 19.3 Å². The van der Waals surface area contributed by atoms with E-state index >= 15 is 0 Å². The van der Waals surface area contributed by atoms with E-state index in [1.165, 1.54) is 6.42 Å². The van der Waals surface area contributed by atoms with Gasteiger partial charge < -0.3 is 19.9 Å². The zero-order chi connectivity index (χ0) is 17.4. The normalized spacial score (nSPS) is 18.4. The molecule has 0 saturated carbocycles. The van der Waals surface area contributed by atoms with Crippen LogP contribution in [0.4, 0.5) is 0 Å². The highest BCUT2D eigenvalue weighted by Crippen LogP contribution is 2.21. The molecule has 1 fully saturated rings. The zero-order valence-electron chi connectivity index (χ0n) is 15.9. The third kappa shape index (κ3) is 6.74. The molecule has 0 aliphatic carbocycles. The van der Waals surface area contributed by atoms with Crippen LogP contribution in [0, 0.1) is 0 Å². The highest BCUT2D eigenvalue weighted by molar-refractivity contribution is 14.0. The summed E-state index contributed by atoms with van der Waals surface area (Å²) in [4.78, 5) is 9.18. The van der Waals surface area contributed by atoms with Crippen LogP contribution >= 0.6 is 24.0 Å². The first-order valence-electron chi connectivity index (χ1n) is 8.96. The van der Waals surface area contributed by atoms with Crippen molar-refractivity contribution in [3.8, 4) is 0 Å². The van der Waals surface area contributed by atoms with E-state index in [-0.39, 0.29) is 30.1 Å². The topological polar surface area (TPSA) is 57.9 Å². The summed E-state index contributed by atoms with van der Waals surface area (Å²) in [6, 6.07) is 0. The van der Waals surface area contributed by atoms with Crippen molar-refractivity contribution in [2.45, 2.75) is 26.4 Å². The lowest BCUT2D eigenvalue weighted by Gasteiger charge is -2.35. The SMILES string of the molecule is CCCN(CC)CCNC(=NC)N1CCOC(c2cnn(C)c2)C1.I. The molecule has 1 aliphatic heterocycles. The lowest BCUT2D eigenvalue weighted by atomic mass is 10.1. The van der Waals surface area contributed by atoms with Gasteiger partial charge in [-0.05, 0) is 19.5 Å². The predicted octanol–water partition coefficient (Wildman–Crippen LogP) is 1.72. The van der Waals surface area contributed by atoms with E-state index in [1.54, 1.807) is 0 Å². The first kappa shape index (κ1) is 22.2. The van der Waals surface area contributed by atoms with Crippen molar-refractivity contribution in [3.63, 3.8) is 0 Å². The minimum atomic E-state index is 0. The molecule has 8 heteroatoms. The van der Waals surface area contributed by atoms with E-state index in [0.29, 0.717) is 6.61 Å². The van der Waals surface area contributed by atoms with Crippen LogP contribution in [-0.2, 0) is 11.8 Å². The van der Waals surface area contributed by atoms with E-state index < -0.39 is 0 Å². The molecule has 0 aromatic carbocycles. The molecule has 0 amide bonds. The van der Waals surface area contributed by atoms with Crippen LogP contribution in [0.1, 0.15) is 31.9 Å². The molecular formula is C17H33IN6O. The van der Waals surface area contributed by atoms with Crippen molar-refractivity contribution in [1.29, 1.82) is 0 Å². The maximum absolute atomic E-state index is 5.91. The van der Waals surface area contributed by atoms with E-state index in [0.717, 1.165) is 50.8 Å². The Morgan fingerprint density at radius 3 is 2.84 bits per heavy atom. The predicted molar refractivity (Wildman–Crippen MR) is 113 cm³/mol. The molecule has 144 valence electrons. The first-order valence-corrected chi connectivity index (χ1v) is 8.96. The maximum Gasteiger partial charge on any atom is 0.193 e. The average Bonchev–Trinajstić information content (AvgIpc) is 3.04. The summed E-state index contributed by atoms with van der Waals surface area (Å²) in [6.45, 7) is 11.0. The maximum atomic E-state index is 5.91. The van der Waals surface area contributed by atoms with Gasteiger partial charge >= 0.3 is 0 Å². The zero-order valence-corrected chi connectivity index (χ0v) is 18.3. The number of ether oxygens (including phenoxy) is 1.